The summed E-state index contributed by atoms with van der Waals surface area (Å²) in [6, 6.07) is 8.57. The van der Waals surface area contributed by atoms with Crippen LogP contribution >= 0.6 is 15.9 Å². The highest BCUT2D eigenvalue weighted by molar-refractivity contribution is 9.10. The Bertz CT molecular complexity index is 775. The Kier molecular flexibility index (Phi) is 4.13. The smallest absolute Gasteiger partial charge is 0.231 e. The van der Waals surface area contributed by atoms with E-state index in [9.17, 15) is 0 Å². The van der Waals surface area contributed by atoms with Gasteiger partial charge in [-0.05, 0) is 23.8 Å². The van der Waals surface area contributed by atoms with E-state index in [1.807, 2.05) is 6.07 Å². The third-order valence-electron chi connectivity index (χ3n) is 2.70. The highest BCUT2D eigenvalue weighted by Crippen LogP contribution is 2.37. The molecule has 1 aliphatic rings. The van der Waals surface area contributed by atoms with Crippen LogP contribution in [0.15, 0.2) is 33.4 Å². The maximum absolute atomic E-state index is 9.16. The molecule has 7 heteroatoms. The van der Waals surface area contributed by atoms with Crippen LogP contribution in [0.4, 0.5) is 0 Å². The lowest BCUT2D eigenvalue weighted by Crippen LogP contribution is -2.03. The van der Waals surface area contributed by atoms with Gasteiger partial charge in [0.2, 0.25) is 6.79 Å². The molecule has 0 unspecified atom stereocenters. The zero-order valence-corrected chi connectivity index (χ0v) is 12.1. The van der Waals surface area contributed by atoms with E-state index in [2.05, 4.69) is 15.9 Å². The molecular formula is C14H7BrN4O2. The van der Waals surface area contributed by atoms with Gasteiger partial charge in [-0.1, -0.05) is 15.9 Å². The van der Waals surface area contributed by atoms with E-state index < -0.39 is 0 Å². The van der Waals surface area contributed by atoms with Crippen LogP contribution in [0.2, 0.25) is 0 Å². The first kappa shape index (κ1) is 14.5. The molecule has 2 rings (SSSR count). The van der Waals surface area contributed by atoms with Crippen LogP contribution in [-0.4, -0.2) is 6.79 Å². The Morgan fingerprint density at radius 3 is 2.33 bits per heavy atom. The van der Waals surface area contributed by atoms with Crippen molar-refractivity contribution in [3.63, 3.8) is 0 Å². The molecule has 6 nitrogen and oxygen atoms in total. The first-order chi connectivity index (χ1) is 10.1. The maximum atomic E-state index is 9.16. The first-order valence-corrected chi connectivity index (χ1v) is 6.41. The predicted octanol–water partition coefficient (Wildman–Crippen LogP) is 2.34. The fourth-order valence-corrected chi connectivity index (χ4v) is 2.09. The van der Waals surface area contributed by atoms with Crippen LogP contribution in [0.25, 0.3) is 6.08 Å². The van der Waals surface area contributed by atoms with Gasteiger partial charge in [0.15, 0.2) is 17.1 Å². The Morgan fingerprint density at radius 2 is 1.76 bits per heavy atom. The normalized spacial score (nSPS) is 12.0. The number of nitriles is 3. The Balaban J connectivity index is 2.53. The highest BCUT2D eigenvalue weighted by atomic mass is 79.9. The number of rotatable bonds is 2. The van der Waals surface area contributed by atoms with E-state index in [0.29, 0.717) is 21.5 Å². The molecule has 0 saturated heterocycles. The van der Waals surface area contributed by atoms with Crippen molar-refractivity contribution in [3.05, 3.63) is 39.0 Å². The van der Waals surface area contributed by atoms with Crippen molar-refractivity contribution in [2.24, 2.45) is 5.73 Å². The number of fused-ring (bicyclic) bond motifs is 1. The molecule has 21 heavy (non-hydrogen) atoms. The van der Waals surface area contributed by atoms with Crippen molar-refractivity contribution < 1.29 is 9.47 Å². The summed E-state index contributed by atoms with van der Waals surface area (Å²) in [6.07, 6.45) is 1.47. The molecule has 0 saturated carbocycles. The van der Waals surface area contributed by atoms with Crippen molar-refractivity contribution in [2.45, 2.75) is 0 Å². The molecule has 0 amide bonds. The summed E-state index contributed by atoms with van der Waals surface area (Å²) in [5.41, 5.74) is 5.85. The number of benzene rings is 1. The van der Waals surface area contributed by atoms with E-state index in [1.165, 1.54) is 6.08 Å². The minimum Gasteiger partial charge on any atom is -0.454 e. The molecule has 1 aromatic rings. The molecule has 1 heterocycles. The summed E-state index contributed by atoms with van der Waals surface area (Å²) >= 11 is 3.35. The molecule has 1 aliphatic heterocycles. The molecule has 0 radical (unpaired) electrons. The van der Waals surface area contributed by atoms with Crippen molar-refractivity contribution in [1.29, 1.82) is 15.8 Å². The van der Waals surface area contributed by atoms with E-state index in [0.717, 1.165) is 0 Å². The van der Waals surface area contributed by atoms with Crippen LogP contribution < -0.4 is 15.2 Å². The van der Waals surface area contributed by atoms with Gasteiger partial charge >= 0.3 is 0 Å². The quantitative estimate of drug-likeness (QED) is 0.651. The molecular weight excluding hydrogens is 336 g/mol. The summed E-state index contributed by atoms with van der Waals surface area (Å²) in [5.74, 6) is 1.14. The van der Waals surface area contributed by atoms with Crippen LogP contribution in [0, 0.1) is 34.0 Å². The topological polar surface area (TPSA) is 116 Å². The lowest BCUT2D eigenvalue weighted by Gasteiger charge is -2.04. The number of allylic oxidation sites excluding steroid dienone is 2. The number of nitrogens with zero attached hydrogens (tertiary/aromatic N) is 3. The average molecular weight is 343 g/mol. The van der Waals surface area contributed by atoms with Gasteiger partial charge in [0.25, 0.3) is 0 Å². The standard InChI is InChI=1S/C14H7BrN4O2/c15-11-3-13-12(20-7-21-13)2-8(11)1-9(4-16)14(19)10(5-17)6-18/h1-3H,7,19H2. The molecule has 0 atom stereocenters. The monoisotopic (exact) mass is 342 g/mol. The number of halogens is 1. The lowest BCUT2D eigenvalue weighted by molar-refractivity contribution is 0.174. The van der Waals surface area contributed by atoms with Crippen molar-refractivity contribution >= 4 is 22.0 Å². The van der Waals surface area contributed by atoms with Gasteiger partial charge in [0.05, 0.1) is 11.3 Å². The zero-order valence-electron chi connectivity index (χ0n) is 10.6. The lowest BCUT2D eigenvalue weighted by atomic mass is 10.1. The summed E-state index contributed by atoms with van der Waals surface area (Å²) in [5, 5.41) is 26.8. The largest absolute Gasteiger partial charge is 0.454 e. The van der Waals surface area contributed by atoms with Gasteiger partial charge < -0.3 is 15.2 Å². The van der Waals surface area contributed by atoms with E-state index in [4.69, 9.17) is 31.0 Å². The highest BCUT2D eigenvalue weighted by Gasteiger charge is 2.16. The average Bonchev–Trinajstić information content (AvgIpc) is 2.92. The number of hydrogen-bond donors (Lipinski definition) is 1. The molecule has 102 valence electrons. The fourth-order valence-electron chi connectivity index (χ4n) is 1.65. The Hall–Kier alpha value is -2.95. The van der Waals surface area contributed by atoms with Crippen LogP contribution in [-0.2, 0) is 0 Å². The second-order valence-corrected chi connectivity index (χ2v) is 4.76. The van der Waals surface area contributed by atoms with Crippen molar-refractivity contribution in [1.82, 2.24) is 0 Å². The molecule has 0 aromatic heterocycles. The second-order valence-electron chi connectivity index (χ2n) is 3.91. The summed E-state index contributed by atoms with van der Waals surface area (Å²) in [4.78, 5) is 0. The SMILES string of the molecule is N#CC(=Cc1cc2c(cc1Br)OCO2)C(N)=C(C#N)C#N. The van der Waals surface area contributed by atoms with Gasteiger partial charge in [-0.3, -0.25) is 0 Å². The third kappa shape index (κ3) is 2.81. The number of ether oxygens (including phenoxy) is 2. The van der Waals surface area contributed by atoms with Gasteiger partial charge in [-0.15, -0.1) is 0 Å². The van der Waals surface area contributed by atoms with Gasteiger partial charge in [-0.2, -0.15) is 15.8 Å². The molecule has 0 spiro atoms. The van der Waals surface area contributed by atoms with E-state index in [-0.39, 0.29) is 23.6 Å². The first-order valence-electron chi connectivity index (χ1n) is 5.62. The third-order valence-corrected chi connectivity index (χ3v) is 3.38. The summed E-state index contributed by atoms with van der Waals surface area (Å²) < 4.78 is 11.2. The summed E-state index contributed by atoms with van der Waals surface area (Å²) in [7, 11) is 0. The van der Waals surface area contributed by atoms with Gasteiger partial charge in [-0.25, -0.2) is 0 Å². The minimum atomic E-state index is -0.306. The fraction of sp³-hybridized carbons (Fsp3) is 0.0714. The van der Waals surface area contributed by atoms with Gasteiger partial charge in [0.1, 0.15) is 18.2 Å². The molecule has 0 bridgehead atoms. The molecule has 2 N–H and O–H groups in total. The zero-order chi connectivity index (χ0) is 15.4. The van der Waals surface area contributed by atoms with Crippen LogP contribution in [0.5, 0.6) is 11.5 Å². The Morgan fingerprint density at radius 1 is 1.14 bits per heavy atom. The number of hydrogen-bond acceptors (Lipinski definition) is 6. The predicted molar refractivity (Wildman–Crippen MR) is 76.3 cm³/mol. The van der Waals surface area contributed by atoms with E-state index >= 15 is 0 Å². The minimum absolute atomic E-state index is 0.0210. The Labute approximate surface area is 129 Å². The second kappa shape index (κ2) is 6.00. The molecule has 0 aliphatic carbocycles. The summed E-state index contributed by atoms with van der Waals surface area (Å²) in [6.45, 7) is 0.134. The molecule has 1 aromatic carbocycles. The van der Waals surface area contributed by atoms with Crippen molar-refractivity contribution in [3.8, 4) is 29.7 Å². The van der Waals surface area contributed by atoms with Crippen molar-refractivity contribution in [2.75, 3.05) is 6.79 Å². The number of nitrogens with two attached hydrogens (primary N) is 1. The van der Waals surface area contributed by atoms with Gasteiger partial charge in [0, 0.05) is 4.47 Å². The van der Waals surface area contributed by atoms with E-state index in [1.54, 1.807) is 24.3 Å². The van der Waals surface area contributed by atoms with Crippen LogP contribution in [0.3, 0.4) is 0 Å². The molecule has 0 fully saturated rings. The van der Waals surface area contributed by atoms with Crippen LogP contribution in [0.1, 0.15) is 5.56 Å². The maximum Gasteiger partial charge on any atom is 0.231 e.